The molecule has 3 rings (SSSR count). The van der Waals surface area contributed by atoms with Crippen molar-refractivity contribution in [3.63, 3.8) is 0 Å². The standard InChI is InChI=1S/C13H16N4O2/c1-16-4-6-17(7-5-16)9-2-3-11-10(8-9)12(18)15-13(19)14-11/h2-3,8H,4-7H2,1H3,(H2,14,15,18,19). The van der Waals surface area contributed by atoms with Crippen LogP contribution in [-0.4, -0.2) is 48.1 Å². The van der Waals surface area contributed by atoms with Gasteiger partial charge >= 0.3 is 5.69 Å². The number of nitrogens with one attached hydrogen (secondary N) is 2. The van der Waals surface area contributed by atoms with Gasteiger partial charge in [0, 0.05) is 31.9 Å². The fraction of sp³-hybridized carbons (Fsp3) is 0.385. The molecule has 2 aromatic rings. The molecule has 1 aliphatic heterocycles. The molecule has 2 N–H and O–H groups in total. The lowest BCUT2D eigenvalue weighted by Crippen LogP contribution is -2.44. The number of hydrogen-bond acceptors (Lipinski definition) is 4. The Balaban J connectivity index is 2.02. The van der Waals surface area contributed by atoms with E-state index >= 15 is 0 Å². The van der Waals surface area contributed by atoms with Gasteiger partial charge in [-0.15, -0.1) is 0 Å². The lowest BCUT2D eigenvalue weighted by molar-refractivity contribution is 0.313. The van der Waals surface area contributed by atoms with Crippen molar-refractivity contribution in [1.82, 2.24) is 14.9 Å². The Morgan fingerprint density at radius 1 is 1.05 bits per heavy atom. The third-order valence-electron chi connectivity index (χ3n) is 3.59. The molecule has 2 heterocycles. The highest BCUT2D eigenvalue weighted by Gasteiger charge is 2.15. The van der Waals surface area contributed by atoms with Crippen LogP contribution in [0, 0.1) is 0 Å². The van der Waals surface area contributed by atoms with E-state index < -0.39 is 5.69 Å². The van der Waals surface area contributed by atoms with E-state index in [1.165, 1.54) is 0 Å². The summed E-state index contributed by atoms with van der Waals surface area (Å²) in [5.41, 5.74) is 0.796. The molecule has 1 aromatic carbocycles. The maximum absolute atomic E-state index is 11.8. The van der Waals surface area contributed by atoms with Crippen LogP contribution in [0.4, 0.5) is 5.69 Å². The highest BCUT2D eigenvalue weighted by atomic mass is 16.2. The van der Waals surface area contributed by atoms with Crippen LogP contribution in [-0.2, 0) is 0 Å². The number of anilines is 1. The molecule has 1 saturated heterocycles. The van der Waals surface area contributed by atoms with Gasteiger partial charge in [-0.05, 0) is 25.2 Å². The number of aromatic amines is 2. The first kappa shape index (κ1) is 12.0. The summed E-state index contributed by atoms with van der Waals surface area (Å²) in [4.78, 5) is 32.4. The zero-order valence-electron chi connectivity index (χ0n) is 10.8. The van der Waals surface area contributed by atoms with Crippen molar-refractivity contribution in [3.8, 4) is 0 Å². The third-order valence-corrected chi connectivity index (χ3v) is 3.59. The Bertz CT molecular complexity index is 710. The van der Waals surface area contributed by atoms with Crippen LogP contribution in [0.2, 0.25) is 0 Å². The first-order valence-electron chi connectivity index (χ1n) is 6.33. The predicted molar refractivity (Wildman–Crippen MR) is 74.9 cm³/mol. The molecule has 0 atom stereocenters. The second kappa shape index (κ2) is 4.55. The van der Waals surface area contributed by atoms with Gasteiger partial charge in [0.1, 0.15) is 0 Å². The Morgan fingerprint density at radius 2 is 1.79 bits per heavy atom. The fourth-order valence-electron chi connectivity index (χ4n) is 2.41. The van der Waals surface area contributed by atoms with Crippen LogP contribution in [0.3, 0.4) is 0 Å². The first-order valence-corrected chi connectivity index (χ1v) is 6.33. The summed E-state index contributed by atoms with van der Waals surface area (Å²) in [7, 11) is 2.10. The minimum Gasteiger partial charge on any atom is -0.369 e. The number of nitrogens with zero attached hydrogens (tertiary/aromatic N) is 2. The lowest BCUT2D eigenvalue weighted by Gasteiger charge is -2.34. The molecular weight excluding hydrogens is 244 g/mol. The molecule has 0 unspecified atom stereocenters. The molecule has 0 aliphatic carbocycles. The number of H-pyrrole nitrogens is 2. The van der Waals surface area contributed by atoms with Crippen molar-refractivity contribution in [1.29, 1.82) is 0 Å². The molecule has 0 spiro atoms. The van der Waals surface area contributed by atoms with Crippen LogP contribution < -0.4 is 16.1 Å². The molecule has 19 heavy (non-hydrogen) atoms. The summed E-state index contributed by atoms with van der Waals surface area (Å²) in [5.74, 6) is 0. The molecule has 1 fully saturated rings. The van der Waals surface area contributed by atoms with Gasteiger partial charge in [-0.2, -0.15) is 0 Å². The van der Waals surface area contributed by atoms with Gasteiger partial charge in [-0.1, -0.05) is 0 Å². The zero-order valence-corrected chi connectivity index (χ0v) is 10.8. The van der Waals surface area contributed by atoms with Crippen LogP contribution in [0.1, 0.15) is 0 Å². The van der Waals surface area contributed by atoms with Gasteiger partial charge in [0.25, 0.3) is 5.56 Å². The van der Waals surface area contributed by atoms with Crippen molar-refractivity contribution in [3.05, 3.63) is 39.0 Å². The molecular formula is C13H16N4O2. The molecule has 6 nitrogen and oxygen atoms in total. The van der Waals surface area contributed by atoms with Gasteiger partial charge in [0.15, 0.2) is 0 Å². The summed E-state index contributed by atoms with van der Waals surface area (Å²) < 4.78 is 0. The number of benzene rings is 1. The van der Waals surface area contributed by atoms with Crippen LogP contribution in [0.25, 0.3) is 10.9 Å². The van der Waals surface area contributed by atoms with E-state index in [9.17, 15) is 9.59 Å². The highest BCUT2D eigenvalue weighted by molar-refractivity contribution is 5.81. The largest absolute Gasteiger partial charge is 0.369 e. The van der Waals surface area contributed by atoms with E-state index in [4.69, 9.17) is 0 Å². The van der Waals surface area contributed by atoms with Crippen LogP contribution in [0.5, 0.6) is 0 Å². The first-order chi connectivity index (χ1) is 9.13. The minimum absolute atomic E-state index is 0.338. The van der Waals surface area contributed by atoms with E-state index in [2.05, 4.69) is 26.8 Å². The van der Waals surface area contributed by atoms with Crippen molar-refractivity contribution in [2.45, 2.75) is 0 Å². The Morgan fingerprint density at radius 3 is 2.53 bits per heavy atom. The Labute approximate surface area is 109 Å². The average Bonchev–Trinajstić information content (AvgIpc) is 2.39. The predicted octanol–water partition coefficient (Wildman–Crippen LogP) is -0.0318. The highest BCUT2D eigenvalue weighted by Crippen LogP contribution is 2.19. The van der Waals surface area contributed by atoms with Gasteiger partial charge in [-0.3, -0.25) is 9.78 Å². The molecule has 0 radical (unpaired) electrons. The van der Waals surface area contributed by atoms with E-state index in [1.807, 2.05) is 12.1 Å². The van der Waals surface area contributed by atoms with Crippen LogP contribution in [0.15, 0.2) is 27.8 Å². The van der Waals surface area contributed by atoms with Crippen molar-refractivity contribution >= 4 is 16.6 Å². The third kappa shape index (κ3) is 2.26. The van der Waals surface area contributed by atoms with E-state index in [0.29, 0.717) is 10.9 Å². The number of piperazine rings is 1. The normalized spacial score (nSPS) is 17.0. The topological polar surface area (TPSA) is 72.2 Å². The molecule has 100 valence electrons. The monoisotopic (exact) mass is 260 g/mol. The van der Waals surface area contributed by atoms with E-state index in [-0.39, 0.29) is 5.56 Å². The number of likely N-dealkylation sites (N-methyl/N-ethyl adjacent to an activating group) is 1. The minimum atomic E-state index is -0.468. The summed E-state index contributed by atoms with van der Waals surface area (Å²) in [6.07, 6.45) is 0. The molecule has 0 saturated carbocycles. The summed E-state index contributed by atoms with van der Waals surface area (Å²) >= 11 is 0. The molecule has 0 bridgehead atoms. The Hall–Kier alpha value is -2.08. The van der Waals surface area contributed by atoms with E-state index in [0.717, 1.165) is 31.9 Å². The lowest BCUT2D eigenvalue weighted by atomic mass is 10.2. The molecule has 1 aliphatic rings. The molecule has 1 aromatic heterocycles. The second-order valence-electron chi connectivity index (χ2n) is 4.93. The van der Waals surface area contributed by atoms with Crippen molar-refractivity contribution in [2.24, 2.45) is 0 Å². The number of aromatic nitrogens is 2. The van der Waals surface area contributed by atoms with Crippen molar-refractivity contribution < 1.29 is 0 Å². The van der Waals surface area contributed by atoms with Crippen molar-refractivity contribution in [2.75, 3.05) is 38.1 Å². The summed E-state index contributed by atoms with van der Waals surface area (Å²) in [6, 6.07) is 5.58. The molecule has 0 amide bonds. The fourth-order valence-corrected chi connectivity index (χ4v) is 2.41. The van der Waals surface area contributed by atoms with Crippen LogP contribution >= 0.6 is 0 Å². The van der Waals surface area contributed by atoms with Gasteiger partial charge in [-0.25, -0.2) is 4.79 Å². The van der Waals surface area contributed by atoms with Gasteiger partial charge in [0.2, 0.25) is 0 Å². The number of rotatable bonds is 1. The summed E-state index contributed by atoms with van der Waals surface area (Å²) in [5, 5.41) is 0.524. The zero-order chi connectivity index (χ0) is 13.4. The second-order valence-corrected chi connectivity index (χ2v) is 4.93. The maximum atomic E-state index is 11.8. The molecule has 6 heteroatoms. The van der Waals surface area contributed by atoms with E-state index in [1.54, 1.807) is 6.07 Å². The Kier molecular flexibility index (Phi) is 2.87. The smallest absolute Gasteiger partial charge is 0.326 e. The SMILES string of the molecule is CN1CCN(c2ccc3[nH]c(=O)[nH]c(=O)c3c2)CC1. The number of hydrogen-bond donors (Lipinski definition) is 2. The maximum Gasteiger partial charge on any atom is 0.326 e. The van der Waals surface area contributed by atoms with Gasteiger partial charge < -0.3 is 14.8 Å². The number of fused-ring (bicyclic) bond motifs is 1. The summed E-state index contributed by atoms with van der Waals surface area (Å²) in [6.45, 7) is 3.92. The average molecular weight is 260 g/mol. The quantitative estimate of drug-likeness (QED) is 0.755. The van der Waals surface area contributed by atoms with Gasteiger partial charge in [0.05, 0.1) is 10.9 Å².